The summed E-state index contributed by atoms with van der Waals surface area (Å²) in [6, 6.07) is 64.8. The van der Waals surface area contributed by atoms with Crippen molar-refractivity contribution in [1.82, 2.24) is 19.5 Å². The van der Waals surface area contributed by atoms with Gasteiger partial charge in [-0.25, -0.2) is 15.0 Å². The zero-order chi connectivity index (χ0) is 37.5. The summed E-state index contributed by atoms with van der Waals surface area (Å²) in [4.78, 5) is 15.5. The van der Waals surface area contributed by atoms with E-state index in [4.69, 9.17) is 15.0 Å². The predicted molar refractivity (Wildman–Crippen MR) is 242 cm³/mol. The monoisotopic (exact) mass is 762 g/mol. The summed E-state index contributed by atoms with van der Waals surface area (Å²) >= 11 is 3.64. The molecule has 0 fully saturated rings. The average Bonchev–Trinajstić information content (AvgIpc) is 3.96. The van der Waals surface area contributed by atoms with Gasteiger partial charge in [-0.2, -0.15) is 0 Å². The van der Waals surface area contributed by atoms with Crippen LogP contribution in [0.4, 0.5) is 0 Å². The van der Waals surface area contributed by atoms with E-state index in [0.717, 1.165) is 22.4 Å². The fraction of sp³-hybridized carbons (Fsp3) is 0. The molecule has 4 aromatic heterocycles. The summed E-state index contributed by atoms with van der Waals surface area (Å²) in [5, 5.41) is 7.41. The second kappa shape index (κ2) is 12.8. The summed E-state index contributed by atoms with van der Waals surface area (Å²) in [7, 11) is 0. The van der Waals surface area contributed by atoms with Gasteiger partial charge in [0.25, 0.3) is 0 Å². The maximum atomic E-state index is 5.23. The molecule has 0 bridgehead atoms. The van der Waals surface area contributed by atoms with Gasteiger partial charge in [0.1, 0.15) is 0 Å². The molecule has 0 radical (unpaired) electrons. The maximum absolute atomic E-state index is 5.23. The summed E-state index contributed by atoms with van der Waals surface area (Å²) < 4.78 is 7.33. The molecule has 0 amide bonds. The molecule has 0 atom stereocenters. The van der Waals surface area contributed by atoms with Crippen molar-refractivity contribution in [2.24, 2.45) is 0 Å². The Hall–Kier alpha value is -6.99. The van der Waals surface area contributed by atoms with Crippen LogP contribution in [0.2, 0.25) is 0 Å². The minimum Gasteiger partial charge on any atom is -0.309 e. The zero-order valence-corrected chi connectivity index (χ0v) is 32.1. The van der Waals surface area contributed by atoms with E-state index in [1.165, 1.54) is 73.3 Å². The summed E-state index contributed by atoms with van der Waals surface area (Å²) in [5.74, 6) is 2.00. The zero-order valence-electron chi connectivity index (χ0n) is 30.4. The van der Waals surface area contributed by atoms with E-state index in [1.54, 1.807) is 11.3 Å². The average molecular weight is 763 g/mol. The van der Waals surface area contributed by atoms with Crippen LogP contribution in [0, 0.1) is 0 Å². The van der Waals surface area contributed by atoms with Gasteiger partial charge in [-0.15, -0.1) is 22.7 Å². The van der Waals surface area contributed by atoms with Crippen LogP contribution < -0.4 is 0 Å². The van der Waals surface area contributed by atoms with Gasteiger partial charge < -0.3 is 4.57 Å². The lowest BCUT2D eigenvalue weighted by Gasteiger charge is -2.09. The fourth-order valence-corrected chi connectivity index (χ4v) is 10.9. The highest BCUT2D eigenvalue weighted by molar-refractivity contribution is 7.26. The van der Waals surface area contributed by atoms with E-state index >= 15 is 0 Å². The Labute approximate surface area is 335 Å². The van der Waals surface area contributed by atoms with Gasteiger partial charge >= 0.3 is 0 Å². The minimum absolute atomic E-state index is 0.660. The van der Waals surface area contributed by atoms with Crippen molar-refractivity contribution in [3.05, 3.63) is 182 Å². The molecule has 0 unspecified atom stereocenters. The summed E-state index contributed by atoms with van der Waals surface area (Å²) in [6.07, 6.45) is 0. The van der Waals surface area contributed by atoms with Gasteiger partial charge in [-0.05, 0) is 60.2 Å². The molecule has 0 spiro atoms. The molecule has 12 aromatic rings. The van der Waals surface area contributed by atoms with Crippen LogP contribution in [0.5, 0.6) is 0 Å². The Kier molecular flexibility index (Phi) is 7.24. The summed E-state index contributed by atoms with van der Waals surface area (Å²) in [5.41, 5.74) is 8.98. The van der Waals surface area contributed by atoms with Gasteiger partial charge in [0.2, 0.25) is 0 Å². The molecule has 4 nitrogen and oxygen atoms in total. The van der Waals surface area contributed by atoms with E-state index in [0.29, 0.717) is 17.5 Å². The van der Waals surface area contributed by atoms with Gasteiger partial charge in [0.15, 0.2) is 17.5 Å². The smallest absolute Gasteiger partial charge is 0.165 e. The third-order valence-corrected chi connectivity index (χ3v) is 13.5. The third kappa shape index (κ3) is 5.08. The number of thiophene rings is 2. The molecule has 0 aliphatic rings. The first kappa shape index (κ1) is 32.3. The molecular formula is C51H30N4S2. The van der Waals surface area contributed by atoms with Gasteiger partial charge in [0.05, 0.1) is 11.0 Å². The van der Waals surface area contributed by atoms with Gasteiger partial charge in [-0.3, -0.25) is 0 Å². The Morgan fingerprint density at radius 3 is 1.74 bits per heavy atom. The number of rotatable bonds is 5. The van der Waals surface area contributed by atoms with Crippen LogP contribution in [0.15, 0.2) is 182 Å². The number of para-hydroxylation sites is 2. The number of benzene rings is 8. The molecule has 12 rings (SSSR count). The van der Waals surface area contributed by atoms with Crippen molar-refractivity contribution in [3.63, 3.8) is 0 Å². The van der Waals surface area contributed by atoms with Crippen molar-refractivity contribution in [1.29, 1.82) is 0 Å². The molecule has 0 aliphatic heterocycles. The molecule has 0 saturated carbocycles. The quantitative estimate of drug-likeness (QED) is 0.175. The van der Waals surface area contributed by atoms with Crippen molar-refractivity contribution < 1.29 is 0 Å². The standard InChI is InChI=1S/C51H30N4S2/c1-3-14-31(15-4-1)49-52-50(54-51(53-49)40-24-12-21-36-34-18-8-10-27-44(34)56-48(36)40)32-28-29-45-41(30-32)38-23-11-22-37(47(38)57-45)35-20-13-26-43-46(35)39-19-7-9-25-42(39)55(43)33-16-5-2-6-17-33/h1-30H. The highest BCUT2D eigenvalue weighted by Crippen LogP contribution is 2.45. The molecule has 8 aromatic carbocycles. The van der Waals surface area contributed by atoms with Crippen LogP contribution in [-0.4, -0.2) is 19.5 Å². The Morgan fingerprint density at radius 1 is 0.351 bits per heavy atom. The first-order valence-corrected chi connectivity index (χ1v) is 20.7. The second-order valence-electron chi connectivity index (χ2n) is 14.3. The number of hydrogen-bond acceptors (Lipinski definition) is 5. The van der Waals surface area contributed by atoms with Crippen LogP contribution in [0.3, 0.4) is 0 Å². The number of hydrogen-bond donors (Lipinski definition) is 0. The van der Waals surface area contributed by atoms with Crippen LogP contribution in [0.1, 0.15) is 0 Å². The van der Waals surface area contributed by atoms with E-state index in [1.807, 2.05) is 29.5 Å². The van der Waals surface area contributed by atoms with Crippen LogP contribution in [0.25, 0.3) is 113 Å². The Balaban J connectivity index is 1.05. The molecule has 57 heavy (non-hydrogen) atoms. The van der Waals surface area contributed by atoms with Crippen LogP contribution in [-0.2, 0) is 0 Å². The number of aromatic nitrogens is 4. The molecule has 266 valence electrons. The lowest BCUT2D eigenvalue weighted by atomic mass is 9.97. The molecular weight excluding hydrogens is 733 g/mol. The number of nitrogens with zero attached hydrogens (tertiary/aromatic N) is 4. The molecule has 0 N–H and O–H groups in total. The van der Waals surface area contributed by atoms with Gasteiger partial charge in [-0.1, -0.05) is 127 Å². The van der Waals surface area contributed by atoms with E-state index in [-0.39, 0.29) is 0 Å². The summed E-state index contributed by atoms with van der Waals surface area (Å²) in [6.45, 7) is 0. The van der Waals surface area contributed by atoms with Gasteiger partial charge in [0, 0.05) is 79.1 Å². The number of fused-ring (bicyclic) bond motifs is 9. The first-order chi connectivity index (χ1) is 28.3. The highest BCUT2D eigenvalue weighted by atomic mass is 32.1. The topological polar surface area (TPSA) is 43.6 Å². The van der Waals surface area contributed by atoms with E-state index in [9.17, 15) is 0 Å². The lowest BCUT2D eigenvalue weighted by molar-refractivity contribution is 1.08. The van der Waals surface area contributed by atoms with E-state index < -0.39 is 0 Å². The molecule has 4 heterocycles. The second-order valence-corrected chi connectivity index (χ2v) is 16.4. The molecule has 0 aliphatic carbocycles. The first-order valence-electron chi connectivity index (χ1n) is 19.0. The predicted octanol–water partition coefficient (Wildman–Crippen LogP) is 14.4. The molecule has 0 saturated heterocycles. The Morgan fingerprint density at radius 2 is 0.912 bits per heavy atom. The van der Waals surface area contributed by atoms with E-state index in [2.05, 4.69) is 168 Å². The fourth-order valence-electron chi connectivity index (χ4n) is 8.51. The maximum Gasteiger partial charge on any atom is 0.165 e. The molecule has 6 heteroatoms. The highest BCUT2D eigenvalue weighted by Gasteiger charge is 2.20. The van der Waals surface area contributed by atoms with Crippen molar-refractivity contribution in [3.8, 4) is 51.0 Å². The normalized spacial score (nSPS) is 11.9. The van der Waals surface area contributed by atoms with Crippen molar-refractivity contribution >= 4 is 84.8 Å². The van der Waals surface area contributed by atoms with Crippen molar-refractivity contribution in [2.75, 3.05) is 0 Å². The lowest BCUT2D eigenvalue weighted by Crippen LogP contribution is -2.00. The van der Waals surface area contributed by atoms with Crippen molar-refractivity contribution in [2.45, 2.75) is 0 Å². The SMILES string of the molecule is c1ccc(-c2nc(-c3ccc4sc5c(-c6cccc7c6c6ccccc6n7-c6ccccc6)cccc5c4c3)nc(-c3cccc4c3sc3ccccc34)n2)cc1. The van der Waals surface area contributed by atoms with Crippen LogP contribution >= 0.6 is 22.7 Å². The minimum atomic E-state index is 0.660. The largest absolute Gasteiger partial charge is 0.309 e. The third-order valence-electron chi connectivity index (χ3n) is 11.1. The Bertz CT molecular complexity index is 3530.